The highest BCUT2D eigenvalue weighted by Gasteiger charge is 2.35. The lowest BCUT2D eigenvalue weighted by Gasteiger charge is -2.34. The molecule has 3 aliphatic rings. The number of anilines is 1. The summed E-state index contributed by atoms with van der Waals surface area (Å²) in [5, 5.41) is 13.7. The van der Waals surface area contributed by atoms with Crippen molar-refractivity contribution in [1.29, 1.82) is 0 Å². The summed E-state index contributed by atoms with van der Waals surface area (Å²) in [5.74, 6) is 0.385. The number of aromatic amines is 2. The third kappa shape index (κ3) is 5.51. The Morgan fingerprint density at radius 1 is 1.29 bits per heavy atom. The van der Waals surface area contributed by atoms with Gasteiger partial charge in [0.05, 0.1) is 29.4 Å². The molecule has 0 bridgehead atoms. The summed E-state index contributed by atoms with van der Waals surface area (Å²) in [6.07, 6.45) is 6.65. The number of aliphatic hydroxyl groups is 1. The van der Waals surface area contributed by atoms with Gasteiger partial charge in [0.25, 0.3) is 11.5 Å². The Labute approximate surface area is 243 Å². The number of nitrogens with zero attached hydrogens (tertiary/aromatic N) is 3. The Morgan fingerprint density at radius 2 is 2.07 bits per heavy atom. The van der Waals surface area contributed by atoms with E-state index in [-0.39, 0.29) is 36.2 Å². The summed E-state index contributed by atoms with van der Waals surface area (Å²) in [6, 6.07) is 5.69. The van der Waals surface area contributed by atoms with E-state index in [0.29, 0.717) is 29.1 Å². The number of likely N-dealkylation sites (tertiary alicyclic amines) is 1. The summed E-state index contributed by atoms with van der Waals surface area (Å²) in [7, 11) is 2.11. The second kappa shape index (κ2) is 11.1. The zero-order chi connectivity index (χ0) is 29.6. The fourth-order valence-electron chi connectivity index (χ4n) is 6.15. The Morgan fingerprint density at radius 3 is 2.83 bits per heavy atom. The van der Waals surface area contributed by atoms with Crippen molar-refractivity contribution in [1.82, 2.24) is 24.8 Å². The van der Waals surface area contributed by atoms with Gasteiger partial charge in [-0.25, -0.2) is 9.37 Å². The Kier molecular flexibility index (Phi) is 7.50. The van der Waals surface area contributed by atoms with E-state index in [4.69, 9.17) is 4.74 Å². The number of amides is 1. The van der Waals surface area contributed by atoms with Crippen LogP contribution in [0.15, 0.2) is 53.0 Å². The molecule has 11 heteroatoms. The molecule has 2 aromatic heterocycles. The number of aromatic nitrogens is 3. The second-order valence-electron chi connectivity index (χ2n) is 11.9. The number of imidazole rings is 1. The lowest BCUT2D eigenvalue weighted by molar-refractivity contribution is -0.0365. The van der Waals surface area contributed by atoms with Gasteiger partial charge in [-0.2, -0.15) is 0 Å². The fourth-order valence-corrected chi connectivity index (χ4v) is 6.15. The molecule has 6 rings (SSSR count). The number of aliphatic hydroxyl groups excluding tert-OH is 1. The molecule has 3 aromatic rings. The van der Waals surface area contributed by atoms with Crippen molar-refractivity contribution in [2.24, 2.45) is 0 Å². The van der Waals surface area contributed by atoms with Crippen LogP contribution in [-0.2, 0) is 11.3 Å². The summed E-state index contributed by atoms with van der Waals surface area (Å²) in [6.45, 7) is 5.78. The molecule has 42 heavy (non-hydrogen) atoms. The number of benzene rings is 1. The van der Waals surface area contributed by atoms with Gasteiger partial charge >= 0.3 is 0 Å². The summed E-state index contributed by atoms with van der Waals surface area (Å²) >= 11 is 0. The molecule has 1 fully saturated rings. The summed E-state index contributed by atoms with van der Waals surface area (Å²) < 4.78 is 20.5. The van der Waals surface area contributed by atoms with Crippen LogP contribution in [-0.4, -0.2) is 93.0 Å². The molecule has 0 saturated carbocycles. The van der Waals surface area contributed by atoms with Crippen molar-refractivity contribution >= 4 is 22.6 Å². The molecule has 4 N–H and O–H groups in total. The summed E-state index contributed by atoms with van der Waals surface area (Å²) in [5.41, 5.74) is 2.51. The predicted octanol–water partition coefficient (Wildman–Crippen LogP) is 3.37. The number of allylic oxidation sites excluding steroid dienone is 2. The van der Waals surface area contributed by atoms with Crippen molar-refractivity contribution < 1.29 is 19.0 Å². The van der Waals surface area contributed by atoms with Gasteiger partial charge in [-0.05, 0) is 76.7 Å². The Bertz CT molecular complexity index is 1620. The number of nitrogens with one attached hydrogen (secondary N) is 3. The largest absolute Gasteiger partial charge is 0.389 e. The van der Waals surface area contributed by atoms with Crippen molar-refractivity contribution in [2.75, 3.05) is 38.6 Å². The van der Waals surface area contributed by atoms with Crippen LogP contribution in [0.5, 0.6) is 0 Å². The number of fused-ring (bicyclic) bond motifs is 2. The average Bonchev–Trinajstić information content (AvgIpc) is 3.50. The van der Waals surface area contributed by atoms with Crippen molar-refractivity contribution in [3.63, 3.8) is 0 Å². The zero-order valence-corrected chi connectivity index (χ0v) is 24.1. The van der Waals surface area contributed by atoms with Crippen LogP contribution in [0.1, 0.15) is 42.6 Å². The van der Waals surface area contributed by atoms with E-state index in [1.807, 2.05) is 24.0 Å². The Hall–Kier alpha value is -3.80. The smallest absolute Gasteiger partial charge is 0.261 e. The maximum absolute atomic E-state index is 14.9. The van der Waals surface area contributed by atoms with Crippen LogP contribution in [0.2, 0.25) is 0 Å². The summed E-state index contributed by atoms with van der Waals surface area (Å²) in [4.78, 5) is 41.1. The fraction of sp³-hybridized carbons (Fsp3) is 0.452. The van der Waals surface area contributed by atoms with E-state index in [9.17, 15) is 19.1 Å². The number of carbonyl (C=O) groups excluding carboxylic acids is 1. The maximum Gasteiger partial charge on any atom is 0.261 e. The number of piperidine rings is 1. The predicted molar refractivity (Wildman–Crippen MR) is 159 cm³/mol. The molecule has 1 amide bonds. The normalized spacial score (nSPS) is 23.8. The Balaban J connectivity index is 1.16. The lowest BCUT2D eigenvalue weighted by Crippen LogP contribution is -2.43. The molecule has 1 aromatic carbocycles. The highest BCUT2D eigenvalue weighted by atomic mass is 19.1. The van der Waals surface area contributed by atoms with Gasteiger partial charge in [0.15, 0.2) is 5.67 Å². The first-order chi connectivity index (χ1) is 20.1. The van der Waals surface area contributed by atoms with Crippen LogP contribution in [0.25, 0.3) is 22.4 Å². The minimum Gasteiger partial charge on any atom is -0.389 e. The van der Waals surface area contributed by atoms with E-state index >= 15 is 0 Å². The van der Waals surface area contributed by atoms with Gasteiger partial charge in [0.2, 0.25) is 0 Å². The number of hydrogen-bond acceptors (Lipinski definition) is 7. The molecule has 2 unspecified atom stereocenters. The third-order valence-corrected chi connectivity index (χ3v) is 8.46. The monoisotopic (exact) mass is 576 g/mol. The second-order valence-corrected chi connectivity index (χ2v) is 11.9. The standard InChI is InChI=1S/C31H37FN6O4/c1-18-4-5-26(31(2,32)14-18)42-17-21(39)15-34-23-6-9-33-29(40)27(23)28-35-24-12-19-16-38(20-7-10-37(3)11-8-20)30(41)22(19)13-25(24)36-28/h4-6,9,12-14,20-21,26,39H,7-8,10-11,15-17H2,1-3H3,(H,35,36)(H2,33,34,40)/t21-,26?,31?/m1/s1. The van der Waals surface area contributed by atoms with E-state index in [1.165, 1.54) is 19.2 Å². The topological polar surface area (TPSA) is 127 Å². The molecule has 0 radical (unpaired) electrons. The van der Waals surface area contributed by atoms with Crippen molar-refractivity contribution in [3.8, 4) is 11.4 Å². The number of ether oxygens (including phenoxy) is 1. The SMILES string of the molecule is CC1=CC(C)(F)C(OC[C@H](O)CNc2cc[nH]c(=O)c2-c2nc3cc4c(cc3[nH]2)CN(C2CCN(C)CC2)C4=O)C=C1. The number of alkyl halides is 1. The van der Waals surface area contributed by atoms with Crippen molar-refractivity contribution in [3.05, 3.63) is 69.7 Å². The molecule has 4 heterocycles. The van der Waals surface area contributed by atoms with Gasteiger partial charge in [-0.1, -0.05) is 17.7 Å². The minimum atomic E-state index is -1.66. The molecule has 1 aliphatic carbocycles. The van der Waals surface area contributed by atoms with Gasteiger partial charge in [-0.3, -0.25) is 9.59 Å². The minimum absolute atomic E-state index is 0.0325. The molecular weight excluding hydrogens is 539 g/mol. The first kappa shape index (κ1) is 28.3. The number of pyridine rings is 1. The van der Waals surface area contributed by atoms with Gasteiger partial charge < -0.3 is 34.9 Å². The lowest BCUT2D eigenvalue weighted by atomic mass is 9.93. The molecule has 222 valence electrons. The van der Waals surface area contributed by atoms with E-state index < -0.39 is 17.9 Å². The van der Waals surface area contributed by atoms with Gasteiger partial charge in [-0.15, -0.1) is 0 Å². The number of H-pyrrole nitrogens is 2. The third-order valence-electron chi connectivity index (χ3n) is 8.46. The molecule has 1 saturated heterocycles. The number of rotatable bonds is 8. The van der Waals surface area contributed by atoms with Crippen LogP contribution in [0.4, 0.5) is 10.1 Å². The first-order valence-corrected chi connectivity index (χ1v) is 14.4. The highest BCUT2D eigenvalue weighted by Crippen LogP contribution is 2.33. The quantitative estimate of drug-likeness (QED) is 0.324. The molecular formula is C31H37FN6O4. The van der Waals surface area contributed by atoms with Crippen LogP contribution >= 0.6 is 0 Å². The van der Waals surface area contributed by atoms with Crippen LogP contribution < -0.4 is 10.9 Å². The number of halogens is 1. The maximum atomic E-state index is 14.9. The van der Waals surface area contributed by atoms with Crippen LogP contribution in [0.3, 0.4) is 0 Å². The molecule has 0 spiro atoms. The molecule has 2 aliphatic heterocycles. The van der Waals surface area contributed by atoms with Crippen molar-refractivity contribution in [2.45, 2.75) is 57.2 Å². The number of hydrogen-bond donors (Lipinski definition) is 4. The average molecular weight is 577 g/mol. The highest BCUT2D eigenvalue weighted by molar-refractivity contribution is 6.02. The molecule has 3 atom stereocenters. The van der Waals surface area contributed by atoms with Crippen LogP contribution in [0, 0.1) is 0 Å². The van der Waals surface area contributed by atoms with E-state index in [0.717, 1.165) is 42.6 Å². The van der Waals surface area contributed by atoms with E-state index in [1.54, 1.807) is 18.2 Å². The first-order valence-electron chi connectivity index (χ1n) is 14.4. The van der Waals surface area contributed by atoms with Gasteiger partial charge in [0.1, 0.15) is 17.5 Å². The van der Waals surface area contributed by atoms with E-state index in [2.05, 4.69) is 32.2 Å². The zero-order valence-electron chi connectivity index (χ0n) is 24.1. The van der Waals surface area contributed by atoms with Gasteiger partial charge in [0, 0.05) is 30.9 Å². The molecule has 10 nitrogen and oxygen atoms in total. The number of carbonyl (C=O) groups is 1.